The highest BCUT2D eigenvalue weighted by Gasteiger charge is 2.20. The van der Waals surface area contributed by atoms with Gasteiger partial charge in [0.2, 0.25) is 5.76 Å². The fourth-order valence-corrected chi connectivity index (χ4v) is 2.07. The van der Waals surface area contributed by atoms with Crippen LogP contribution in [0.25, 0.3) is 11.3 Å². The summed E-state index contributed by atoms with van der Waals surface area (Å²) in [6, 6.07) is 7.14. The van der Waals surface area contributed by atoms with Gasteiger partial charge in [0.15, 0.2) is 0 Å². The number of carboxylic acids is 1. The molecule has 0 amide bonds. The first-order valence-corrected chi connectivity index (χ1v) is 5.63. The molecule has 0 saturated carbocycles. The van der Waals surface area contributed by atoms with Gasteiger partial charge >= 0.3 is 5.97 Å². The summed E-state index contributed by atoms with van der Waals surface area (Å²) in [5, 5.41) is 12.5. The van der Waals surface area contributed by atoms with Crippen LogP contribution in [0.2, 0.25) is 0 Å². The standard InChI is InChI=1S/C13H11NO4/c1-7-4-9-3-2-8(5-11(9)17-7)10-6-12(13(15)16)18-14-10/h2-3,5-7H,4H2,1H3,(H,15,16). The molecule has 1 unspecified atom stereocenters. The monoisotopic (exact) mass is 245 g/mol. The third kappa shape index (κ3) is 1.73. The van der Waals surface area contributed by atoms with Gasteiger partial charge < -0.3 is 14.4 Å². The van der Waals surface area contributed by atoms with Crippen molar-refractivity contribution < 1.29 is 19.2 Å². The van der Waals surface area contributed by atoms with E-state index in [1.54, 1.807) is 0 Å². The van der Waals surface area contributed by atoms with Gasteiger partial charge in [0.05, 0.1) is 0 Å². The van der Waals surface area contributed by atoms with Crippen LogP contribution < -0.4 is 4.74 Å². The largest absolute Gasteiger partial charge is 0.490 e. The molecule has 0 bridgehead atoms. The number of carbonyl (C=O) groups is 1. The molecule has 1 N–H and O–H groups in total. The second-order valence-corrected chi connectivity index (χ2v) is 4.34. The van der Waals surface area contributed by atoms with Crippen LogP contribution in [-0.4, -0.2) is 22.3 Å². The van der Waals surface area contributed by atoms with E-state index in [1.165, 1.54) is 6.07 Å². The predicted molar refractivity (Wildman–Crippen MR) is 62.7 cm³/mol. The quantitative estimate of drug-likeness (QED) is 0.879. The fraction of sp³-hybridized carbons (Fsp3) is 0.231. The lowest BCUT2D eigenvalue weighted by atomic mass is 10.1. The van der Waals surface area contributed by atoms with Crippen molar-refractivity contribution in [1.82, 2.24) is 5.16 Å². The van der Waals surface area contributed by atoms with Crippen LogP contribution in [0.3, 0.4) is 0 Å². The Kier molecular flexibility index (Phi) is 2.33. The first kappa shape index (κ1) is 10.8. The van der Waals surface area contributed by atoms with E-state index in [1.807, 2.05) is 25.1 Å². The van der Waals surface area contributed by atoms with Gasteiger partial charge in [-0.2, -0.15) is 0 Å². The molecular formula is C13H11NO4. The van der Waals surface area contributed by atoms with E-state index in [2.05, 4.69) is 5.16 Å². The maximum atomic E-state index is 10.7. The van der Waals surface area contributed by atoms with E-state index >= 15 is 0 Å². The van der Waals surface area contributed by atoms with Crippen molar-refractivity contribution >= 4 is 5.97 Å². The summed E-state index contributed by atoms with van der Waals surface area (Å²) >= 11 is 0. The molecule has 0 saturated heterocycles. The Balaban J connectivity index is 1.97. The van der Waals surface area contributed by atoms with Gasteiger partial charge in [-0.15, -0.1) is 0 Å². The zero-order valence-corrected chi connectivity index (χ0v) is 9.71. The second-order valence-electron chi connectivity index (χ2n) is 4.34. The van der Waals surface area contributed by atoms with E-state index in [0.29, 0.717) is 5.69 Å². The first-order valence-electron chi connectivity index (χ1n) is 5.63. The molecule has 1 aliphatic heterocycles. The molecule has 2 aromatic rings. The number of hydrogen-bond acceptors (Lipinski definition) is 4. The highest BCUT2D eigenvalue weighted by Crippen LogP contribution is 2.33. The summed E-state index contributed by atoms with van der Waals surface area (Å²) in [6.07, 6.45) is 1.08. The van der Waals surface area contributed by atoms with Gasteiger partial charge in [-0.1, -0.05) is 17.3 Å². The summed E-state index contributed by atoms with van der Waals surface area (Å²) in [5.74, 6) is -0.459. The van der Waals surface area contributed by atoms with Crippen molar-refractivity contribution in [2.24, 2.45) is 0 Å². The Morgan fingerprint density at radius 2 is 2.28 bits per heavy atom. The Morgan fingerprint density at radius 1 is 1.44 bits per heavy atom. The number of aromatic carboxylic acids is 1. The number of hydrogen-bond donors (Lipinski definition) is 1. The molecule has 0 radical (unpaired) electrons. The Hall–Kier alpha value is -2.30. The summed E-state index contributed by atoms with van der Waals surface area (Å²) in [5.41, 5.74) is 2.45. The van der Waals surface area contributed by atoms with Crippen molar-refractivity contribution in [3.8, 4) is 17.0 Å². The van der Waals surface area contributed by atoms with E-state index in [4.69, 9.17) is 14.4 Å². The molecular weight excluding hydrogens is 234 g/mol. The number of nitrogens with zero attached hydrogens (tertiary/aromatic N) is 1. The maximum absolute atomic E-state index is 10.7. The molecule has 0 aliphatic carbocycles. The lowest BCUT2D eigenvalue weighted by molar-refractivity contribution is 0.0652. The zero-order chi connectivity index (χ0) is 12.7. The van der Waals surface area contributed by atoms with E-state index < -0.39 is 5.97 Å². The Morgan fingerprint density at radius 3 is 3.00 bits per heavy atom. The molecule has 3 rings (SSSR count). The summed E-state index contributed by atoms with van der Waals surface area (Å²) < 4.78 is 10.4. The van der Waals surface area contributed by atoms with Crippen molar-refractivity contribution in [2.45, 2.75) is 19.4 Å². The minimum atomic E-state index is -1.13. The fourth-order valence-electron chi connectivity index (χ4n) is 2.07. The van der Waals surface area contributed by atoms with Crippen LogP contribution in [0.5, 0.6) is 5.75 Å². The lowest BCUT2D eigenvalue weighted by Crippen LogP contribution is -2.05. The molecule has 2 heterocycles. The SMILES string of the molecule is CC1Cc2ccc(-c3cc(C(=O)O)on3)cc2O1. The van der Waals surface area contributed by atoms with Crippen molar-refractivity contribution in [1.29, 1.82) is 0 Å². The Bertz CT molecular complexity index is 617. The third-order valence-corrected chi connectivity index (χ3v) is 2.92. The molecule has 5 heteroatoms. The van der Waals surface area contributed by atoms with Crippen LogP contribution in [0.1, 0.15) is 23.0 Å². The zero-order valence-electron chi connectivity index (χ0n) is 9.71. The van der Waals surface area contributed by atoms with Gasteiger partial charge in [0, 0.05) is 18.1 Å². The number of carboxylic acid groups (broad SMARTS) is 1. The van der Waals surface area contributed by atoms with Crippen molar-refractivity contribution in [3.63, 3.8) is 0 Å². The predicted octanol–water partition coefficient (Wildman–Crippen LogP) is 2.36. The van der Waals surface area contributed by atoms with Gasteiger partial charge in [-0.25, -0.2) is 4.79 Å². The summed E-state index contributed by atoms with van der Waals surface area (Å²) in [4.78, 5) is 10.7. The van der Waals surface area contributed by atoms with Gasteiger partial charge in [0.1, 0.15) is 17.5 Å². The number of aromatic nitrogens is 1. The molecule has 92 valence electrons. The maximum Gasteiger partial charge on any atom is 0.374 e. The minimum absolute atomic E-state index is 0.167. The smallest absolute Gasteiger partial charge is 0.374 e. The molecule has 1 aromatic heterocycles. The third-order valence-electron chi connectivity index (χ3n) is 2.92. The number of fused-ring (bicyclic) bond motifs is 1. The van der Waals surface area contributed by atoms with E-state index in [0.717, 1.165) is 23.3 Å². The van der Waals surface area contributed by atoms with Crippen molar-refractivity contribution in [3.05, 3.63) is 35.6 Å². The van der Waals surface area contributed by atoms with Crippen LogP contribution in [0.4, 0.5) is 0 Å². The molecule has 1 atom stereocenters. The highest BCUT2D eigenvalue weighted by molar-refractivity contribution is 5.85. The minimum Gasteiger partial charge on any atom is -0.490 e. The van der Waals surface area contributed by atoms with Crippen LogP contribution >= 0.6 is 0 Å². The number of rotatable bonds is 2. The molecule has 5 nitrogen and oxygen atoms in total. The molecule has 1 aliphatic rings. The van der Waals surface area contributed by atoms with Gasteiger partial charge in [-0.3, -0.25) is 0 Å². The molecule has 1 aromatic carbocycles. The first-order chi connectivity index (χ1) is 8.63. The van der Waals surface area contributed by atoms with E-state index in [-0.39, 0.29) is 11.9 Å². The normalized spacial score (nSPS) is 17.3. The summed E-state index contributed by atoms with van der Waals surface area (Å²) in [6.45, 7) is 2.01. The van der Waals surface area contributed by atoms with Gasteiger partial charge in [0.25, 0.3) is 0 Å². The highest BCUT2D eigenvalue weighted by atomic mass is 16.5. The molecule has 0 spiro atoms. The average Bonchev–Trinajstić information content (AvgIpc) is 2.91. The Labute approximate surface area is 103 Å². The average molecular weight is 245 g/mol. The number of ether oxygens (including phenoxy) is 1. The molecule has 0 fully saturated rings. The van der Waals surface area contributed by atoms with Crippen molar-refractivity contribution in [2.75, 3.05) is 0 Å². The molecule has 18 heavy (non-hydrogen) atoms. The topological polar surface area (TPSA) is 72.6 Å². The van der Waals surface area contributed by atoms with Crippen LogP contribution in [0, 0.1) is 0 Å². The second kappa shape index (κ2) is 3.87. The van der Waals surface area contributed by atoms with Gasteiger partial charge in [-0.05, 0) is 18.6 Å². The van der Waals surface area contributed by atoms with Crippen LogP contribution in [-0.2, 0) is 6.42 Å². The summed E-state index contributed by atoms with van der Waals surface area (Å²) in [7, 11) is 0. The van der Waals surface area contributed by atoms with E-state index in [9.17, 15) is 4.79 Å². The lowest BCUT2D eigenvalue weighted by Gasteiger charge is -2.03. The number of benzene rings is 1. The van der Waals surface area contributed by atoms with Crippen LogP contribution in [0.15, 0.2) is 28.8 Å².